The summed E-state index contributed by atoms with van der Waals surface area (Å²) >= 11 is 0. The van der Waals surface area contributed by atoms with Crippen LogP contribution in [0.25, 0.3) is 0 Å². The topological polar surface area (TPSA) is 63.2 Å². The summed E-state index contributed by atoms with van der Waals surface area (Å²) < 4.78 is 47.4. The van der Waals surface area contributed by atoms with E-state index in [0.29, 0.717) is 51.1 Å². The molecule has 3 rings (SSSR count). The molecule has 1 saturated heterocycles. The van der Waals surface area contributed by atoms with Gasteiger partial charge in [-0.3, -0.25) is 9.79 Å². The number of aliphatic imine (C=N–C) groups is 1. The highest BCUT2D eigenvalue weighted by Crippen LogP contribution is 2.45. The quantitative estimate of drug-likeness (QED) is 0.246. The number of nitrogens with zero attached hydrogens (tertiary/aromatic N) is 2. The number of rotatable bonds is 6. The van der Waals surface area contributed by atoms with Crippen LogP contribution in [0, 0.1) is 5.92 Å². The Morgan fingerprint density at radius 2 is 1.90 bits per heavy atom. The Bertz CT molecular complexity index is 768. The fraction of sp³-hybridized carbons (Fsp3) is 0.619. The van der Waals surface area contributed by atoms with Gasteiger partial charge in [0.25, 0.3) is 0 Å². The van der Waals surface area contributed by atoms with Gasteiger partial charge in [-0.1, -0.05) is 18.2 Å². The zero-order chi connectivity index (χ0) is 21.7. The first-order chi connectivity index (χ1) is 14.3. The van der Waals surface area contributed by atoms with E-state index in [0.717, 1.165) is 5.96 Å². The Kier molecular flexibility index (Phi) is 9.26. The van der Waals surface area contributed by atoms with E-state index < -0.39 is 6.36 Å². The fourth-order valence-corrected chi connectivity index (χ4v) is 3.84. The van der Waals surface area contributed by atoms with Crippen molar-refractivity contribution in [2.24, 2.45) is 10.9 Å². The van der Waals surface area contributed by atoms with Crippen molar-refractivity contribution in [3.8, 4) is 5.75 Å². The molecular weight excluding hydrogens is 526 g/mol. The van der Waals surface area contributed by atoms with Crippen LogP contribution in [0.4, 0.5) is 13.2 Å². The van der Waals surface area contributed by atoms with Crippen LogP contribution >= 0.6 is 24.0 Å². The standard InChI is InChI=1S/C21H28F3N3O3.HI/c1-3-25-20(27-11-9-14(10-12-27)19(28)29-4-2)26-17-13-16(17)15-7-5-6-8-18(15)30-21(22,23)24;/h5-8,14,16-17H,3-4,9-13H2,1-2H3,(H,25,26);1H. The van der Waals surface area contributed by atoms with Crippen molar-refractivity contribution in [3.63, 3.8) is 0 Å². The maximum absolute atomic E-state index is 12.7. The number of hydrogen-bond acceptors (Lipinski definition) is 4. The molecule has 0 radical (unpaired) electrons. The summed E-state index contributed by atoms with van der Waals surface area (Å²) in [7, 11) is 0. The van der Waals surface area contributed by atoms with Crippen LogP contribution in [0.5, 0.6) is 5.75 Å². The number of benzene rings is 1. The van der Waals surface area contributed by atoms with Gasteiger partial charge in [0.05, 0.1) is 12.5 Å². The molecule has 2 atom stereocenters. The summed E-state index contributed by atoms with van der Waals surface area (Å²) in [5, 5.41) is 3.39. The molecule has 1 aromatic carbocycles. The van der Waals surface area contributed by atoms with Gasteiger partial charge in [0.1, 0.15) is 5.75 Å². The van der Waals surface area contributed by atoms with Gasteiger partial charge in [-0.15, -0.1) is 37.1 Å². The molecule has 0 amide bonds. The highest BCUT2D eigenvalue weighted by molar-refractivity contribution is 14.0. The number of ether oxygens (including phenoxy) is 2. The third-order valence-electron chi connectivity index (χ3n) is 5.37. The number of guanidine groups is 1. The van der Waals surface area contributed by atoms with E-state index in [-0.39, 0.29) is 53.6 Å². The van der Waals surface area contributed by atoms with E-state index in [1.54, 1.807) is 19.1 Å². The molecule has 0 bridgehead atoms. The molecule has 0 spiro atoms. The third kappa shape index (κ3) is 7.15. The second-order valence-corrected chi connectivity index (χ2v) is 7.49. The second kappa shape index (κ2) is 11.2. The lowest BCUT2D eigenvalue weighted by Crippen LogP contribution is -2.47. The SMILES string of the molecule is CCN=C(NC1CC1c1ccccc1OC(F)(F)F)N1CCC(C(=O)OCC)CC1.I. The monoisotopic (exact) mass is 555 g/mol. The minimum Gasteiger partial charge on any atom is -0.466 e. The predicted octanol–water partition coefficient (Wildman–Crippen LogP) is 4.30. The summed E-state index contributed by atoms with van der Waals surface area (Å²) in [6, 6.07) is 6.27. The third-order valence-corrected chi connectivity index (χ3v) is 5.37. The maximum Gasteiger partial charge on any atom is 0.573 e. The van der Waals surface area contributed by atoms with Crippen molar-refractivity contribution in [2.75, 3.05) is 26.2 Å². The van der Waals surface area contributed by atoms with Gasteiger partial charge in [0, 0.05) is 31.6 Å². The van der Waals surface area contributed by atoms with Crippen LogP contribution in [-0.4, -0.2) is 55.5 Å². The summed E-state index contributed by atoms with van der Waals surface area (Å²) in [5.74, 6) is 0.277. The van der Waals surface area contributed by atoms with Gasteiger partial charge in [0.15, 0.2) is 5.96 Å². The number of carbonyl (C=O) groups excluding carboxylic acids is 1. The highest BCUT2D eigenvalue weighted by atomic mass is 127. The molecule has 0 aromatic heterocycles. The Labute approximate surface area is 197 Å². The molecule has 10 heteroatoms. The van der Waals surface area contributed by atoms with E-state index >= 15 is 0 Å². The van der Waals surface area contributed by atoms with Crippen LogP contribution in [0.15, 0.2) is 29.3 Å². The minimum absolute atomic E-state index is 0. The van der Waals surface area contributed by atoms with Crippen LogP contribution < -0.4 is 10.1 Å². The van der Waals surface area contributed by atoms with Crippen molar-refractivity contribution in [1.29, 1.82) is 0 Å². The first-order valence-corrected chi connectivity index (χ1v) is 10.4. The zero-order valence-corrected chi connectivity index (χ0v) is 20.0. The summed E-state index contributed by atoms with van der Waals surface area (Å²) in [6.45, 7) is 6.06. The summed E-state index contributed by atoms with van der Waals surface area (Å²) in [6.07, 6.45) is -2.62. The van der Waals surface area contributed by atoms with Crippen molar-refractivity contribution in [2.45, 2.75) is 51.4 Å². The average molecular weight is 555 g/mol. The van der Waals surface area contributed by atoms with E-state index in [4.69, 9.17) is 4.74 Å². The number of carbonyl (C=O) groups is 1. The second-order valence-electron chi connectivity index (χ2n) is 7.49. The maximum atomic E-state index is 12.7. The molecule has 1 aromatic rings. The molecule has 6 nitrogen and oxygen atoms in total. The molecule has 2 aliphatic rings. The van der Waals surface area contributed by atoms with Gasteiger partial charge in [-0.25, -0.2) is 0 Å². The first-order valence-electron chi connectivity index (χ1n) is 10.4. The predicted molar refractivity (Wildman–Crippen MR) is 122 cm³/mol. The van der Waals surface area contributed by atoms with Crippen LogP contribution in [-0.2, 0) is 9.53 Å². The van der Waals surface area contributed by atoms with E-state index in [1.807, 2.05) is 6.92 Å². The van der Waals surface area contributed by atoms with E-state index in [2.05, 4.69) is 19.9 Å². The van der Waals surface area contributed by atoms with Gasteiger partial charge < -0.3 is 19.7 Å². The number of esters is 1. The number of nitrogens with one attached hydrogen (secondary N) is 1. The number of para-hydroxylation sites is 1. The molecule has 2 fully saturated rings. The fourth-order valence-electron chi connectivity index (χ4n) is 3.84. The number of hydrogen-bond donors (Lipinski definition) is 1. The number of alkyl halides is 3. The van der Waals surface area contributed by atoms with E-state index in [9.17, 15) is 18.0 Å². The largest absolute Gasteiger partial charge is 0.573 e. The first kappa shape index (κ1) is 25.5. The Morgan fingerprint density at radius 3 is 2.52 bits per heavy atom. The van der Waals surface area contributed by atoms with E-state index in [1.165, 1.54) is 12.1 Å². The highest BCUT2D eigenvalue weighted by Gasteiger charge is 2.43. The molecular formula is C21H29F3IN3O3. The Hall–Kier alpha value is -1.72. The molecule has 1 aliphatic heterocycles. The van der Waals surface area contributed by atoms with Gasteiger partial charge in [-0.2, -0.15) is 0 Å². The van der Waals surface area contributed by atoms with Crippen LogP contribution in [0.1, 0.15) is 44.6 Å². The van der Waals surface area contributed by atoms with Crippen molar-refractivity contribution < 1.29 is 27.4 Å². The molecule has 31 heavy (non-hydrogen) atoms. The minimum atomic E-state index is -4.72. The van der Waals surface area contributed by atoms with Crippen molar-refractivity contribution in [3.05, 3.63) is 29.8 Å². The smallest absolute Gasteiger partial charge is 0.466 e. The zero-order valence-electron chi connectivity index (χ0n) is 17.7. The molecule has 174 valence electrons. The van der Waals surface area contributed by atoms with Gasteiger partial charge in [-0.05, 0) is 44.7 Å². The summed E-state index contributed by atoms with van der Waals surface area (Å²) in [4.78, 5) is 18.6. The lowest BCUT2D eigenvalue weighted by Gasteiger charge is -2.33. The molecule has 1 N–H and O–H groups in total. The average Bonchev–Trinajstić information content (AvgIpc) is 3.46. The lowest BCUT2D eigenvalue weighted by molar-refractivity contribution is -0.274. The number of halogens is 4. The van der Waals surface area contributed by atoms with Crippen molar-refractivity contribution >= 4 is 35.9 Å². The Morgan fingerprint density at radius 1 is 1.23 bits per heavy atom. The number of likely N-dealkylation sites (tertiary alicyclic amines) is 1. The van der Waals surface area contributed by atoms with Crippen LogP contribution in [0.3, 0.4) is 0 Å². The normalized spacial score (nSPS) is 21.8. The lowest BCUT2D eigenvalue weighted by atomic mass is 9.97. The molecule has 1 heterocycles. The van der Waals surface area contributed by atoms with Crippen LogP contribution in [0.2, 0.25) is 0 Å². The van der Waals surface area contributed by atoms with Crippen molar-refractivity contribution in [1.82, 2.24) is 10.2 Å². The van der Waals surface area contributed by atoms with Gasteiger partial charge in [0.2, 0.25) is 0 Å². The Balaban J connectivity index is 0.00000341. The van der Waals surface area contributed by atoms with Gasteiger partial charge >= 0.3 is 12.3 Å². The number of piperidine rings is 1. The molecule has 2 unspecified atom stereocenters. The molecule has 1 saturated carbocycles. The summed E-state index contributed by atoms with van der Waals surface area (Å²) in [5.41, 5.74) is 0.546. The molecule has 1 aliphatic carbocycles.